The second-order valence-corrected chi connectivity index (χ2v) is 8.59. The van der Waals surface area contributed by atoms with Crippen molar-refractivity contribution in [2.75, 3.05) is 5.32 Å². The Morgan fingerprint density at radius 2 is 1.83 bits per heavy atom. The molecule has 0 unspecified atom stereocenters. The molecule has 7 heteroatoms. The van der Waals surface area contributed by atoms with Crippen LogP contribution in [-0.4, -0.2) is 5.96 Å². The average Bonchev–Trinajstić information content (AvgIpc) is 2.73. The zero-order valence-corrected chi connectivity index (χ0v) is 18.0. The summed E-state index contributed by atoms with van der Waals surface area (Å²) >= 11 is 7.43. The van der Waals surface area contributed by atoms with Crippen LogP contribution in [0.4, 0.5) is 20.2 Å². The summed E-state index contributed by atoms with van der Waals surface area (Å²) in [6.07, 6.45) is 0.145. The number of anilines is 1. The Morgan fingerprint density at radius 3 is 2.53 bits per heavy atom. The highest BCUT2D eigenvalue weighted by molar-refractivity contribution is 7.98. The number of hydrogen-bond acceptors (Lipinski definition) is 4. The van der Waals surface area contributed by atoms with Crippen molar-refractivity contribution in [1.29, 1.82) is 0 Å². The van der Waals surface area contributed by atoms with Crippen LogP contribution in [0.2, 0.25) is 5.02 Å². The SMILES string of the molecule is CC(C)c1ccc(NC2=Nc3c(cc(F)c(F)c3Cc3ccccc3Cl)SN2)cc1. The molecule has 1 heterocycles. The van der Waals surface area contributed by atoms with E-state index in [1.807, 2.05) is 18.2 Å². The van der Waals surface area contributed by atoms with Crippen molar-refractivity contribution < 1.29 is 8.78 Å². The molecule has 0 saturated heterocycles. The van der Waals surface area contributed by atoms with Crippen molar-refractivity contribution in [3.05, 3.63) is 87.9 Å². The molecule has 3 aromatic rings. The molecule has 154 valence electrons. The van der Waals surface area contributed by atoms with Gasteiger partial charge >= 0.3 is 0 Å². The Morgan fingerprint density at radius 1 is 1.10 bits per heavy atom. The monoisotopic (exact) mass is 443 g/mol. The quantitative estimate of drug-likeness (QED) is 0.424. The first-order valence-electron chi connectivity index (χ1n) is 9.55. The molecular weight excluding hydrogens is 424 g/mol. The van der Waals surface area contributed by atoms with Crippen LogP contribution in [0.3, 0.4) is 0 Å². The fourth-order valence-electron chi connectivity index (χ4n) is 3.22. The van der Waals surface area contributed by atoms with E-state index in [4.69, 9.17) is 11.6 Å². The first-order valence-corrected chi connectivity index (χ1v) is 10.7. The first-order chi connectivity index (χ1) is 14.4. The van der Waals surface area contributed by atoms with Gasteiger partial charge in [0, 0.05) is 22.7 Å². The number of hydrogen-bond donors (Lipinski definition) is 2. The van der Waals surface area contributed by atoms with Crippen molar-refractivity contribution in [1.82, 2.24) is 4.72 Å². The van der Waals surface area contributed by atoms with Gasteiger partial charge in [-0.25, -0.2) is 13.8 Å². The van der Waals surface area contributed by atoms with Crippen LogP contribution in [-0.2, 0) is 6.42 Å². The summed E-state index contributed by atoms with van der Waals surface area (Å²) in [5.74, 6) is -0.908. The third-order valence-electron chi connectivity index (χ3n) is 4.90. The molecule has 1 aliphatic heterocycles. The van der Waals surface area contributed by atoms with Gasteiger partial charge in [-0.05, 0) is 53.3 Å². The molecule has 0 spiro atoms. The molecule has 0 aliphatic carbocycles. The van der Waals surface area contributed by atoms with E-state index in [-0.39, 0.29) is 12.0 Å². The van der Waals surface area contributed by atoms with Gasteiger partial charge in [0.2, 0.25) is 5.96 Å². The van der Waals surface area contributed by atoms with Gasteiger partial charge in [0.15, 0.2) is 11.6 Å². The van der Waals surface area contributed by atoms with Crippen molar-refractivity contribution in [3.8, 4) is 0 Å². The normalized spacial score (nSPS) is 12.9. The van der Waals surface area contributed by atoms with Crippen LogP contribution in [0.5, 0.6) is 0 Å². The van der Waals surface area contributed by atoms with Crippen LogP contribution in [0.25, 0.3) is 0 Å². The van der Waals surface area contributed by atoms with Crippen molar-refractivity contribution >= 4 is 40.9 Å². The third kappa shape index (κ3) is 4.30. The van der Waals surface area contributed by atoms with Crippen LogP contribution in [0.1, 0.15) is 36.5 Å². The minimum atomic E-state index is -0.902. The molecule has 3 nitrogen and oxygen atoms in total. The molecule has 0 saturated carbocycles. The van der Waals surface area contributed by atoms with E-state index in [0.717, 1.165) is 11.8 Å². The maximum atomic E-state index is 14.7. The van der Waals surface area contributed by atoms with E-state index < -0.39 is 11.6 Å². The zero-order valence-electron chi connectivity index (χ0n) is 16.5. The minimum Gasteiger partial charge on any atom is -0.325 e. The van der Waals surface area contributed by atoms with E-state index in [1.54, 1.807) is 18.2 Å². The molecule has 2 N–H and O–H groups in total. The van der Waals surface area contributed by atoms with E-state index in [9.17, 15) is 8.78 Å². The van der Waals surface area contributed by atoms with Gasteiger partial charge in [0.05, 0.1) is 10.6 Å². The average molecular weight is 444 g/mol. The first kappa shape index (κ1) is 20.7. The third-order valence-corrected chi connectivity index (χ3v) is 6.09. The van der Waals surface area contributed by atoms with Crippen LogP contribution >= 0.6 is 23.5 Å². The molecule has 4 rings (SSSR count). The van der Waals surface area contributed by atoms with Crippen molar-refractivity contribution in [2.24, 2.45) is 4.99 Å². The smallest absolute Gasteiger partial charge is 0.211 e. The molecule has 0 atom stereocenters. The molecular formula is C23H20ClF2N3S. The number of nitrogens with zero attached hydrogens (tertiary/aromatic N) is 1. The Labute approximate surface area is 183 Å². The second-order valence-electron chi connectivity index (χ2n) is 7.33. The number of rotatable bonds is 4. The largest absolute Gasteiger partial charge is 0.325 e. The van der Waals surface area contributed by atoms with Gasteiger partial charge < -0.3 is 5.32 Å². The van der Waals surface area contributed by atoms with E-state index >= 15 is 0 Å². The summed E-state index contributed by atoms with van der Waals surface area (Å²) in [7, 11) is 0. The van der Waals surface area contributed by atoms with Gasteiger partial charge in [-0.3, -0.25) is 4.72 Å². The summed E-state index contributed by atoms with van der Waals surface area (Å²) in [5.41, 5.74) is 3.38. The van der Waals surface area contributed by atoms with Crippen molar-refractivity contribution in [3.63, 3.8) is 0 Å². The molecule has 30 heavy (non-hydrogen) atoms. The Balaban J connectivity index is 1.68. The summed E-state index contributed by atoms with van der Waals surface area (Å²) in [6.45, 7) is 4.27. The number of fused-ring (bicyclic) bond motifs is 1. The Hall–Kier alpha value is -2.57. The Bertz CT molecular complexity index is 1110. The number of benzene rings is 3. The Kier molecular flexibility index (Phi) is 5.97. The second kappa shape index (κ2) is 8.66. The fourth-order valence-corrected chi connectivity index (χ4v) is 4.15. The molecule has 3 aromatic carbocycles. The maximum absolute atomic E-state index is 14.7. The van der Waals surface area contributed by atoms with E-state index in [0.29, 0.717) is 33.0 Å². The topological polar surface area (TPSA) is 36.4 Å². The number of nitrogens with one attached hydrogen (secondary N) is 2. The maximum Gasteiger partial charge on any atom is 0.211 e. The van der Waals surface area contributed by atoms with Gasteiger partial charge in [0.25, 0.3) is 0 Å². The van der Waals surface area contributed by atoms with Gasteiger partial charge in [-0.2, -0.15) is 0 Å². The standard InChI is InChI=1S/C23H20ClF2N3S/c1-13(2)14-7-9-16(10-8-14)27-23-28-22-17(11-15-5-3-4-6-18(15)24)21(26)19(25)12-20(22)30-29-23/h3-10,12-13H,11H2,1-2H3,(H2,27,28,29). The highest BCUT2D eigenvalue weighted by atomic mass is 35.5. The highest BCUT2D eigenvalue weighted by Crippen LogP contribution is 2.39. The van der Waals surface area contributed by atoms with E-state index in [1.165, 1.54) is 17.5 Å². The van der Waals surface area contributed by atoms with Gasteiger partial charge in [-0.15, -0.1) is 0 Å². The molecule has 0 aromatic heterocycles. The summed E-state index contributed by atoms with van der Waals surface area (Å²) in [6, 6.07) is 16.3. The summed E-state index contributed by atoms with van der Waals surface area (Å²) in [5, 5.41) is 3.70. The van der Waals surface area contributed by atoms with Gasteiger partial charge in [0.1, 0.15) is 0 Å². The highest BCUT2D eigenvalue weighted by Gasteiger charge is 2.23. The number of halogens is 3. The summed E-state index contributed by atoms with van der Waals surface area (Å²) < 4.78 is 32.0. The lowest BCUT2D eigenvalue weighted by Gasteiger charge is -2.21. The molecule has 0 fully saturated rings. The number of guanidine groups is 1. The molecule has 1 aliphatic rings. The lowest BCUT2D eigenvalue weighted by Crippen LogP contribution is -2.27. The van der Waals surface area contributed by atoms with Crippen molar-refractivity contribution in [2.45, 2.75) is 31.1 Å². The molecule has 0 bridgehead atoms. The predicted octanol–water partition coefficient (Wildman–Crippen LogP) is 7.04. The molecule has 0 amide bonds. The van der Waals surface area contributed by atoms with E-state index in [2.05, 4.69) is 41.0 Å². The van der Waals surface area contributed by atoms with Crippen LogP contribution in [0, 0.1) is 11.6 Å². The van der Waals surface area contributed by atoms with Gasteiger partial charge in [-0.1, -0.05) is 55.8 Å². The predicted molar refractivity (Wildman–Crippen MR) is 121 cm³/mol. The fraction of sp³-hybridized carbons (Fsp3) is 0.174. The van der Waals surface area contributed by atoms with Crippen LogP contribution in [0.15, 0.2) is 64.5 Å². The summed E-state index contributed by atoms with van der Waals surface area (Å²) in [4.78, 5) is 5.07. The van der Waals surface area contributed by atoms with Crippen LogP contribution < -0.4 is 10.0 Å². The lowest BCUT2D eigenvalue weighted by atomic mass is 10.0. The minimum absolute atomic E-state index is 0.145. The zero-order chi connectivity index (χ0) is 21.3. The lowest BCUT2D eigenvalue weighted by molar-refractivity contribution is 0.498. The molecule has 0 radical (unpaired) electrons. The number of aliphatic imine (C=N–C) groups is 1.